The minimum Gasteiger partial charge on any atom is -0.103 e. The van der Waals surface area contributed by atoms with Gasteiger partial charge in [-0.05, 0) is 24.4 Å². The molecule has 0 aliphatic rings. The van der Waals surface area contributed by atoms with Crippen LogP contribution in [0.15, 0.2) is 61.8 Å². The summed E-state index contributed by atoms with van der Waals surface area (Å²) < 4.78 is 0. The van der Waals surface area contributed by atoms with Crippen molar-refractivity contribution >= 4 is 22.6 Å². The van der Waals surface area contributed by atoms with Gasteiger partial charge in [0.1, 0.15) is 0 Å². The maximum atomic E-state index is 3.76. The summed E-state index contributed by atoms with van der Waals surface area (Å²) in [6.07, 6.45) is 8.38. The van der Waals surface area contributed by atoms with Crippen molar-refractivity contribution in [3.8, 4) is 0 Å². The minimum atomic E-state index is 1.02. The molecule has 0 aromatic heterocycles. The Balaban J connectivity index is -0.0000000545. The third kappa shape index (κ3) is 58.4. The Labute approximate surface area is 137 Å². The van der Waals surface area contributed by atoms with Crippen molar-refractivity contribution in [3.05, 3.63) is 61.8 Å². The van der Waals surface area contributed by atoms with Crippen molar-refractivity contribution in [2.75, 3.05) is 4.93 Å². The van der Waals surface area contributed by atoms with Crippen LogP contribution in [0.1, 0.15) is 48.0 Å². The van der Waals surface area contributed by atoms with Gasteiger partial charge in [-0.1, -0.05) is 106 Å². The van der Waals surface area contributed by atoms with Gasteiger partial charge in [0.25, 0.3) is 0 Å². The summed E-state index contributed by atoms with van der Waals surface area (Å²) in [5.74, 6) is 0. The van der Waals surface area contributed by atoms with Crippen molar-refractivity contribution in [2.24, 2.45) is 0 Å². The maximum absolute atomic E-state index is 3.76. The van der Waals surface area contributed by atoms with Gasteiger partial charge in [0.05, 0.1) is 0 Å². The standard InChI is InChI=1S/C9H12.C3H8.C3H6.C2H6.CH3I/c1-5-7-9(6-2)8(3)4;2*1-3-2;2*1-2/h5-7H,1-3H2,4H3;3H2,1-2H3;3H,1H2,2H3;1-2H3;1H3/b9-7+;;;;. The molecule has 0 spiro atoms. The van der Waals surface area contributed by atoms with Gasteiger partial charge in [-0.15, -0.1) is 6.58 Å². The highest BCUT2D eigenvalue weighted by Gasteiger charge is 1.86. The second-order valence-corrected chi connectivity index (χ2v) is 2.96. The lowest BCUT2D eigenvalue weighted by Gasteiger charge is -1.95. The smallest absolute Gasteiger partial charge is 0.0121 e. The molecule has 0 aromatic carbocycles. The lowest BCUT2D eigenvalue weighted by atomic mass is 10.1. The van der Waals surface area contributed by atoms with Crippen LogP contribution >= 0.6 is 22.6 Å². The molecule has 0 fully saturated rings. The first-order valence-electron chi connectivity index (χ1n) is 6.61. The minimum absolute atomic E-state index is 1.02. The van der Waals surface area contributed by atoms with Crippen molar-refractivity contribution in [1.82, 2.24) is 0 Å². The number of hydrogen-bond donors (Lipinski definition) is 0. The molecule has 0 saturated heterocycles. The van der Waals surface area contributed by atoms with E-state index in [0.29, 0.717) is 0 Å². The van der Waals surface area contributed by atoms with E-state index in [-0.39, 0.29) is 0 Å². The van der Waals surface area contributed by atoms with Crippen LogP contribution in [0.25, 0.3) is 0 Å². The molecule has 0 unspecified atom stereocenters. The topological polar surface area (TPSA) is 0 Å². The summed E-state index contributed by atoms with van der Waals surface area (Å²) in [6.45, 7) is 26.4. The monoisotopic (exact) mass is 378 g/mol. The van der Waals surface area contributed by atoms with Gasteiger partial charge in [-0.2, -0.15) is 0 Å². The predicted octanol–water partition coefficient (Wildman–Crippen LogP) is 7.55. The summed E-state index contributed by atoms with van der Waals surface area (Å²) in [5, 5.41) is 0. The zero-order chi connectivity index (χ0) is 16.7. The molecule has 0 aromatic rings. The number of hydrogen-bond acceptors (Lipinski definition) is 0. The van der Waals surface area contributed by atoms with Crippen molar-refractivity contribution in [1.29, 1.82) is 0 Å². The summed E-state index contributed by atoms with van der Waals surface area (Å²) in [6, 6.07) is 0. The summed E-state index contributed by atoms with van der Waals surface area (Å²) in [5.41, 5.74) is 2.06. The summed E-state index contributed by atoms with van der Waals surface area (Å²) >= 11 is 2.15. The fourth-order valence-corrected chi connectivity index (χ4v) is 0.511. The SMILES string of the molecule is C=C/C=C(\C=C)C(=C)C.C=CC.CC.CCC.CI. The van der Waals surface area contributed by atoms with Gasteiger partial charge in [-0.3, -0.25) is 0 Å². The van der Waals surface area contributed by atoms with Gasteiger partial charge in [-0.25, -0.2) is 0 Å². The molecule has 114 valence electrons. The fourth-order valence-electron chi connectivity index (χ4n) is 0.511. The van der Waals surface area contributed by atoms with Gasteiger partial charge in [0, 0.05) is 0 Å². The van der Waals surface area contributed by atoms with Crippen LogP contribution in [-0.4, -0.2) is 4.93 Å². The third-order valence-corrected chi connectivity index (χ3v) is 1.01. The molecule has 0 atom stereocenters. The van der Waals surface area contributed by atoms with Crippen LogP contribution in [0.2, 0.25) is 0 Å². The Morgan fingerprint density at radius 2 is 1.32 bits per heavy atom. The molecule has 0 saturated carbocycles. The highest BCUT2D eigenvalue weighted by molar-refractivity contribution is 14.1. The van der Waals surface area contributed by atoms with Crippen LogP contribution in [0.3, 0.4) is 0 Å². The van der Waals surface area contributed by atoms with Gasteiger partial charge < -0.3 is 0 Å². The Hall–Kier alpha value is -0.570. The second-order valence-electron chi connectivity index (χ2n) is 2.96. The van der Waals surface area contributed by atoms with E-state index in [1.807, 2.05) is 38.7 Å². The van der Waals surface area contributed by atoms with Gasteiger partial charge in [0.2, 0.25) is 0 Å². The quantitative estimate of drug-likeness (QED) is 0.206. The van der Waals surface area contributed by atoms with Crippen molar-refractivity contribution in [3.63, 3.8) is 0 Å². The molecule has 0 nitrogen and oxygen atoms in total. The highest BCUT2D eigenvalue weighted by Crippen LogP contribution is 2.06. The fraction of sp³-hybridized carbons (Fsp3) is 0.444. The average Bonchev–Trinajstić information content (AvgIpc) is 2.42. The van der Waals surface area contributed by atoms with E-state index in [0.717, 1.165) is 11.1 Å². The molecule has 0 aliphatic heterocycles. The predicted molar refractivity (Wildman–Crippen MR) is 106 cm³/mol. The van der Waals surface area contributed by atoms with Crippen LogP contribution in [0.4, 0.5) is 0 Å². The molecule has 19 heavy (non-hydrogen) atoms. The highest BCUT2D eigenvalue weighted by atomic mass is 127. The number of halogens is 1. The molecule has 0 bridgehead atoms. The first-order chi connectivity index (χ1) is 9.05. The molecule has 0 heterocycles. The Kier molecular flexibility index (Phi) is 70.7. The second kappa shape index (κ2) is 43.3. The molecule has 0 aliphatic carbocycles. The molecule has 0 N–H and O–H groups in total. The average molecular weight is 378 g/mol. The zero-order valence-corrected chi connectivity index (χ0v) is 16.4. The first kappa shape index (κ1) is 31.0. The van der Waals surface area contributed by atoms with E-state index in [9.17, 15) is 0 Å². The van der Waals surface area contributed by atoms with E-state index in [1.54, 1.807) is 18.2 Å². The number of alkyl halides is 1. The molecule has 0 rings (SSSR count). The van der Waals surface area contributed by atoms with E-state index < -0.39 is 0 Å². The van der Waals surface area contributed by atoms with E-state index in [2.05, 4.69) is 62.8 Å². The van der Waals surface area contributed by atoms with Crippen LogP contribution in [0, 0.1) is 0 Å². The van der Waals surface area contributed by atoms with E-state index in [4.69, 9.17) is 0 Å². The van der Waals surface area contributed by atoms with Crippen molar-refractivity contribution in [2.45, 2.75) is 48.0 Å². The van der Waals surface area contributed by atoms with E-state index >= 15 is 0 Å². The molecule has 0 radical (unpaired) electrons. The van der Waals surface area contributed by atoms with E-state index in [1.165, 1.54) is 6.42 Å². The Morgan fingerprint density at radius 1 is 1.05 bits per heavy atom. The van der Waals surface area contributed by atoms with Crippen molar-refractivity contribution < 1.29 is 0 Å². The third-order valence-electron chi connectivity index (χ3n) is 1.01. The maximum Gasteiger partial charge on any atom is -0.0121 e. The normalized spacial score (nSPS) is 7.26. The lowest BCUT2D eigenvalue weighted by Crippen LogP contribution is -1.74. The summed E-state index contributed by atoms with van der Waals surface area (Å²) in [4.78, 5) is 1.97. The van der Waals surface area contributed by atoms with Gasteiger partial charge in [0.15, 0.2) is 0 Å². The molecular weight excluding hydrogens is 343 g/mol. The Morgan fingerprint density at radius 3 is 1.37 bits per heavy atom. The number of allylic oxidation sites excluding steroid dienone is 6. The Bertz CT molecular complexity index is 210. The lowest BCUT2D eigenvalue weighted by molar-refractivity contribution is 1.09. The van der Waals surface area contributed by atoms with Crippen LogP contribution in [0.5, 0.6) is 0 Å². The zero-order valence-electron chi connectivity index (χ0n) is 14.2. The molecule has 0 amide bonds. The molecule has 1 heteroatoms. The number of rotatable bonds is 3. The first-order valence-corrected chi connectivity index (χ1v) is 8.77. The van der Waals surface area contributed by atoms with Crippen LogP contribution in [-0.2, 0) is 0 Å². The molecular formula is C18H35I. The van der Waals surface area contributed by atoms with Gasteiger partial charge >= 0.3 is 0 Å². The van der Waals surface area contributed by atoms with Crippen LogP contribution < -0.4 is 0 Å². The summed E-state index contributed by atoms with van der Waals surface area (Å²) in [7, 11) is 0. The largest absolute Gasteiger partial charge is 0.103 e.